The van der Waals surface area contributed by atoms with Gasteiger partial charge in [-0.25, -0.2) is 4.79 Å². The second-order valence-electron chi connectivity index (χ2n) is 6.12. The molecule has 0 saturated carbocycles. The molecule has 0 atom stereocenters. The van der Waals surface area contributed by atoms with Crippen molar-refractivity contribution >= 4 is 11.8 Å². The van der Waals surface area contributed by atoms with Crippen LogP contribution in [0.4, 0.5) is 28.0 Å². The summed E-state index contributed by atoms with van der Waals surface area (Å²) in [6, 6.07) is 0. The number of ether oxygens (including phenoxy) is 1. The van der Waals surface area contributed by atoms with Crippen LogP contribution in [0.3, 0.4) is 0 Å². The van der Waals surface area contributed by atoms with Crippen molar-refractivity contribution in [2.24, 2.45) is 0 Å². The molecule has 1 aliphatic rings. The Morgan fingerprint density at radius 3 is 1.91 bits per heavy atom. The molecule has 23 heavy (non-hydrogen) atoms. The van der Waals surface area contributed by atoms with E-state index in [-0.39, 0.29) is 26.2 Å². The van der Waals surface area contributed by atoms with Crippen LogP contribution in [0.5, 0.6) is 0 Å². The number of piperazine rings is 1. The van der Waals surface area contributed by atoms with Gasteiger partial charge < -0.3 is 14.5 Å². The zero-order chi connectivity index (χ0) is 17.4. The molecule has 9 heteroatoms. The van der Waals surface area contributed by atoms with Gasteiger partial charge in [-0.15, -0.1) is 0 Å². The molecule has 128 valence electrons. The molecule has 1 saturated heterocycles. The van der Waals surface area contributed by atoms with Gasteiger partial charge in [0.25, 0.3) is 11.9 Å². The van der Waals surface area contributed by atoms with Crippen LogP contribution in [-0.4, -0.2) is 47.8 Å². The zero-order valence-electron chi connectivity index (χ0n) is 13.0. The summed E-state index contributed by atoms with van der Waals surface area (Å²) in [5, 5.41) is 0. The van der Waals surface area contributed by atoms with Crippen molar-refractivity contribution < 1.29 is 27.1 Å². The smallest absolute Gasteiger partial charge is 0.410 e. The fraction of sp³-hybridized carbons (Fsp3) is 0.571. The minimum atomic E-state index is -1.70. The molecule has 1 amide bonds. The maximum absolute atomic E-state index is 13.7. The highest BCUT2D eigenvalue weighted by Crippen LogP contribution is 2.27. The summed E-state index contributed by atoms with van der Waals surface area (Å²) in [5.41, 5.74) is -1.47. The van der Waals surface area contributed by atoms with Crippen LogP contribution in [0.2, 0.25) is 0 Å². The first kappa shape index (κ1) is 17.3. The Hall–Kier alpha value is -2.06. The van der Waals surface area contributed by atoms with Gasteiger partial charge in [0.1, 0.15) is 11.3 Å². The third-order valence-electron chi connectivity index (χ3n) is 3.22. The zero-order valence-corrected chi connectivity index (χ0v) is 13.0. The Morgan fingerprint density at radius 1 is 1.00 bits per heavy atom. The van der Waals surface area contributed by atoms with E-state index in [1.807, 2.05) is 0 Å². The van der Waals surface area contributed by atoms with E-state index < -0.39 is 40.9 Å². The van der Waals surface area contributed by atoms with Crippen LogP contribution < -0.4 is 4.90 Å². The summed E-state index contributed by atoms with van der Waals surface area (Å²) in [7, 11) is 0. The minimum Gasteiger partial charge on any atom is -0.444 e. The summed E-state index contributed by atoms with van der Waals surface area (Å²) >= 11 is 0. The molecule has 0 radical (unpaired) electrons. The molecule has 1 aromatic rings. The maximum Gasteiger partial charge on any atom is 0.410 e. The number of carbonyl (C=O) groups is 1. The van der Waals surface area contributed by atoms with Crippen LogP contribution in [0.1, 0.15) is 20.8 Å². The highest BCUT2D eigenvalue weighted by Gasteiger charge is 2.30. The van der Waals surface area contributed by atoms with Crippen molar-refractivity contribution in [3.8, 4) is 0 Å². The van der Waals surface area contributed by atoms with E-state index in [0.29, 0.717) is 0 Å². The standard InChI is InChI=1S/C14H17F4N3O2/c1-14(2,3)23-13(22)21-6-4-20(5-7-21)10-8(15)11(17)19-12(18)9(10)16/h4-7H2,1-3H3. The number of hydrogen-bond donors (Lipinski definition) is 0. The Bertz CT molecular complexity index is 585. The van der Waals surface area contributed by atoms with E-state index in [1.54, 1.807) is 20.8 Å². The predicted octanol–water partition coefficient (Wildman–Crippen LogP) is 2.70. The van der Waals surface area contributed by atoms with Crippen molar-refractivity contribution in [1.29, 1.82) is 0 Å². The van der Waals surface area contributed by atoms with Crippen molar-refractivity contribution in [3.63, 3.8) is 0 Å². The van der Waals surface area contributed by atoms with E-state index in [4.69, 9.17) is 4.74 Å². The highest BCUT2D eigenvalue weighted by atomic mass is 19.2. The molecule has 0 aromatic carbocycles. The Kier molecular flexibility index (Phi) is 4.67. The number of halogens is 4. The van der Waals surface area contributed by atoms with Crippen LogP contribution in [0.25, 0.3) is 0 Å². The van der Waals surface area contributed by atoms with Crippen molar-refractivity contribution in [2.75, 3.05) is 31.1 Å². The number of rotatable bonds is 1. The number of carbonyl (C=O) groups excluding carboxylic acids is 1. The lowest BCUT2D eigenvalue weighted by Gasteiger charge is -2.36. The van der Waals surface area contributed by atoms with Gasteiger partial charge in [0.15, 0.2) is 0 Å². The Balaban J connectivity index is 2.10. The summed E-state index contributed by atoms with van der Waals surface area (Å²) in [4.78, 5) is 16.9. The lowest BCUT2D eigenvalue weighted by Crippen LogP contribution is -2.50. The summed E-state index contributed by atoms with van der Waals surface area (Å²) in [6.45, 7) is 5.39. The average Bonchev–Trinajstić information content (AvgIpc) is 2.44. The molecule has 0 spiro atoms. The number of nitrogens with zero attached hydrogens (tertiary/aromatic N) is 3. The minimum absolute atomic E-state index is 0.00990. The number of hydrogen-bond acceptors (Lipinski definition) is 4. The van der Waals surface area contributed by atoms with Gasteiger partial charge in [-0.2, -0.15) is 22.5 Å². The molecule has 5 nitrogen and oxygen atoms in total. The summed E-state index contributed by atoms with van der Waals surface area (Å²) in [5.74, 6) is -6.49. The topological polar surface area (TPSA) is 45.7 Å². The van der Waals surface area contributed by atoms with Gasteiger partial charge in [0, 0.05) is 26.2 Å². The first-order valence-electron chi connectivity index (χ1n) is 7.03. The summed E-state index contributed by atoms with van der Waals surface area (Å²) in [6.07, 6.45) is -0.551. The van der Waals surface area contributed by atoms with Crippen molar-refractivity contribution in [2.45, 2.75) is 26.4 Å². The normalized spacial score (nSPS) is 15.8. The number of aromatic nitrogens is 1. The number of anilines is 1. The lowest BCUT2D eigenvalue weighted by atomic mass is 10.2. The van der Waals surface area contributed by atoms with Gasteiger partial charge >= 0.3 is 6.09 Å². The number of amides is 1. The van der Waals surface area contributed by atoms with Gasteiger partial charge in [-0.1, -0.05) is 0 Å². The van der Waals surface area contributed by atoms with Crippen LogP contribution in [-0.2, 0) is 4.74 Å². The maximum atomic E-state index is 13.7. The predicted molar refractivity (Wildman–Crippen MR) is 74.1 cm³/mol. The fourth-order valence-corrected chi connectivity index (χ4v) is 2.19. The van der Waals surface area contributed by atoms with Gasteiger partial charge in [-0.05, 0) is 20.8 Å². The lowest BCUT2D eigenvalue weighted by molar-refractivity contribution is 0.0240. The van der Waals surface area contributed by atoms with Crippen LogP contribution in [0.15, 0.2) is 0 Å². The SMILES string of the molecule is CC(C)(C)OC(=O)N1CCN(c2c(F)c(F)nc(F)c2F)CC1. The Morgan fingerprint density at radius 2 is 1.48 bits per heavy atom. The Labute approximate surface area is 130 Å². The van der Waals surface area contributed by atoms with Crippen LogP contribution in [0, 0.1) is 23.5 Å². The summed E-state index contributed by atoms with van der Waals surface area (Å²) < 4.78 is 58.9. The second kappa shape index (κ2) is 6.21. The molecular weight excluding hydrogens is 318 g/mol. The molecule has 2 rings (SSSR count). The van der Waals surface area contributed by atoms with E-state index in [0.717, 1.165) is 4.90 Å². The van der Waals surface area contributed by atoms with E-state index in [9.17, 15) is 22.4 Å². The van der Waals surface area contributed by atoms with Gasteiger partial charge in [-0.3, -0.25) is 0 Å². The van der Waals surface area contributed by atoms with Gasteiger partial charge in [0.05, 0.1) is 0 Å². The molecule has 0 bridgehead atoms. The van der Waals surface area contributed by atoms with E-state index in [2.05, 4.69) is 4.98 Å². The molecule has 2 heterocycles. The van der Waals surface area contributed by atoms with E-state index in [1.165, 1.54) is 4.90 Å². The molecule has 0 aliphatic carbocycles. The highest BCUT2D eigenvalue weighted by molar-refractivity contribution is 5.68. The number of pyridine rings is 1. The first-order chi connectivity index (χ1) is 10.6. The molecule has 1 aliphatic heterocycles. The second-order valence-corrected chi connectivity index (χ2v) is 6.12. The quantitative estimate of drug-likeness (QED) is 0.585. The molecule has 0 N–H and O–H groups in total. The average molecular weight is 335 g/mol. The van der Waals surface area contributed by atoms with E-state index >= 15 is 0 Å². The monoisotopic (exact) mass is 335 g/mol. The van der Waals surface area contributed by atoms with Crippen LogP contribution >= 0.6 is 0 Å². The first-order valence-corrected chi connectivity index (χ1v) is 7.03. The van der Waals surface area contributed by atoms with Gasteiger partial charge in [0.2, 0.25) is 11.6 Å². The van der Waals surface area contributed by atoms with Crippen molar-refractivity contribution in [1.82, 2.24) is 9.88 Å². The fourth-order valence-electron chi connectivity index (χ4n) is 2.19. The third kappa shape index (κ3) is 3.83. The molecular formula is C14H17F4N3O2. The molecule has 1 aromatic heterocycles. The third-order valence-corrected chi connectivity index (χ3v) is 3.22. The molecule has 0 unspecified atom stereocenters. The largest absolute Gasteiger partial charge is 0.444 e. The molecule has 1 fully saturated rings. The van der Waals surface area contributed by atoms with Crippen molar-refractivity contribution in [3.05, 3.63) is 23.5 Å².